The number of hydrogen-bond acceptors (Lipinski definition) is 2. The van der Waals surface area contributed by atoms with Crippen LogP contribution in [-0.4, -0.2) is 31.0 Å². The second-order valence-electron chi connectivity index (χ2n) is 7.00. The molecular weight excluding hydrogens is 341 g/mol. The normalized spacial score (nSPS) is 18.6. The average molecular weight is 361 g/mol. The highest BCUT2D eigenvalue weighted by molar-refractivity contribution is 5.97. The van der Waals surface area contributed by atoms with Gasteiger partial charge in [0.2, 0.25) is 0 Å². The first-order chi connectivity index (χ1) is 13.1. The number of terminal acetylenes is 1. The Labute approximate surface area is 158 Å². The van der Waals surface area contributed by atoms with Gasteiger partial charge in [-0.1, -0.05) is 24.1 Å². The highest BCUT2D eigenvalue weighted by atomic mass is 19.1. The van der Waals surface area contributed by atoms with Crippen LogP contribution in [-0.2, 0) is 11.2 Å². The van der Waals surface area contributed by atoms with Crippen molar-refractivity contribution in [1.82, 2.24) is 4.90 Å². The van der Waals surface area contributed by atoms with Crippen molar-refractivity contribution >= 4 is 5.91 Å². The number of ether oxygens (including phenoxy) is 1. The van der Waals surface area contributed by atoms with Gasteiger partial charge in [-0.05, 0) is 59.4 Å². The molecule has 2 aliphatic rings. The number of fused-ring (bicyclic) bond motifs is 1. The second-order valence-corrected chi connectivity index (χ2v) is 7.00. The van der Waals surface area contributed by atoms with Crippen LogP contribution in [0.5, 0.6) is 5.75 Å². The number of methoxy groups -OCH3 is 1. The zero-order valence-corrected chi connectivity index (χ0v) is 15.2. The van der Waals surface area contributed by atoms with Crippen LogP contribution < -0.4 is 4.74 Å². The minimum absolute atomic E-state index is 0.00579. The summed E-state index contributed by atoms with van der Waals surface area (Å²) in [5.74, 6) is 3.11. The fraction of sp³-hybridized carbons (Fsp3) is 0.261. The van der Waals surface area contributed by atoms with E-state index in [2.05, 4.69) is 12.0 Å². The number of nitrogens with zero attached hydrogens (tertiary/aromatic N) is 1. The van der Waals surface area contributed by atoms with Crippen molar-refractivity contribution in [3.63, 3.8) is 0 Å². The van der Waals surface area contributed by atoms with E-state index in [0.717, 1.165) is 33.6 Å². The molecule has 3 nitrogen and oxygen atoms in total. The van der Waals surface area contributed by atoms with Gasteiger partial charge < -0.3 is 9.64 Å². The Morgan fingerprint density at radius 3 is 2.74 bits per heavy atom. The Bertz CT molecular complexity index is 969. The predicted octanol–water partition coefficient (Wildman–Crippen LogP) is 3.68. The molecule has 2 aromatic rings. The van der Waals surface area contributed by atoms with Crippen LogP contribution in [0.25, 0.3) is 0 Å². The molecule has 1 heterocycles. The molecule has 1 atom stereocenters. The van der Waals surface area contributed by atoms with E-state index in [1.165, 1.54) is 12.1 Å². The van der Waals surface area contributed by atoms with Gasteiger partial charge >= 0.3 is 0 Å². The molecule has 0 fully saturated rings. The lowest BCUT2D eigenvalue weighted by atomic mass is 9.85. The molecule has 4 heteroatoms. The molecule has 1 aliphatic carbocycles. The first-order valence-corrected chi connectivity index (χ1v) is 8.96. The molecule has 0 radical (unpaired) electrons. The summed E-state index contributed by atoms with van der Waals surface area (Å²) < 4.78 is 18.8. The Balaban J connectivity index is 1.81. The van der Waals surface area contributed by atoms with E-state index < -0.39 is 0 Å². The van der Waals surface area contributed by atoms with E-state index >= 15 is 0 Å². The summed E-state index contributed by atoms with van der Waals surface area (Å²) in [6.07, 6.45) is 6.72. The van der Waals surface area contributed by atoms with Gasteiger partial charge in [0.25, 0.3) is 5.91 Å². The zero-order chi connectivity index (χ0) is 19.0. The van der Waals surface area contributed by atoms with Gasteiger partial charge in [0, 0.05) is 18.0 Å². The topological polar surface area (TPSA) is 29.5 Å². The van der Waals surface area contributed by atoms with Crippen molar-refractivity contribution in [1.29, 1.82) is 0 Å². The summed E-state index contributed by atoms with van der Waals surface area (Å²) >= 11 is 0. The molecule has 0 saturated carbocycles. The van der Waals surface area contributed by atoms with E-state index in [0.29, 0.717) is 25.9 Å². The number of hydrogen-bond donors (Lipinski definition) is 0. The third kappa shape index (κ3) is 3.10. The quantitative estimate of drug-likeness (QED) is 0.781. The lowest BCUT2D eigenvalue weighted by Gasteiger charge is -2.22. The molecule has 0 spiro atoms. The van der Waals surface area contributed by atoms with E-state index in [9.17, 15) is 9.18 Å². The van der Waals surface area contributed by atoms with Crippen LogP contribution in [0.3, 0.4) is 0 Å². The number of amides is 1. The van der Waals surface area contributed by atoms with Gasteiger partial charge in [-0.3, -0.25) is 4.79 Å². The van der Waals surface area contributed by atoms with Crippen molar-refractivity contribution in [3.8, 4) is 18.1 Å². The highest BCUT2D eigenvalue weighted by Crippen LogP contribution is 2.41. The summed E-state index contributed by atoms with van der Waals surface area (Å²) in [7, 11) is 1.65. The van der Waals surface area contributed by atoms with Gasteiger partial charge in [-0.15, -0.1) is 6.42 Å². The van der Waals surface area contributed by atoms with Crippen LogP contribution in [0.2, 0.25) is 0 Å². The minimum atomic E-state index is -0.264. The van der Waals surface area contributed by atoms with Crippen molar-refractivity contribution < 1.29 is 13.9 Å². The average Bonchev–Trinajstić information content (AvgIpc) is 2.86. The van der Waals surface area contributed by atoms with Gasteiger partial charge in [0.1, 0.15) is 11.6 Å². The lowest BCUT2D eigenvalue weighted by Crippen LogP contribution is -2.28. The van der Waals surface area contributed by atoms with E-state index in [4.69, 9.17) is 11.2 Å². The molecule has 4 rings (SSSR count). The fourth-order valence-corrected chi connectivity index (χ4v) is 4.11. The van der Waals surface area contributed by atoms with E-state index in [-0.39, 0.29) is 17.6 Å². The van der Waals surface area contributed by atoms with Crippen molar-refractivity contribution in [3.05, 3.63) is 76.1 Å². The molecule has 1 aliphatic heterocycles. The summed E-state index contributed by atoms with van der Waals surface area (Å²) in [5, 5.41) is 0. The third-order valence-corrected chi connectivity index (χ3v) is 5.45. The number of carbonyl (C=O) groups excluding carboxylic acids is 1. The molecule has 0 saturated heterocycles. The van der Waals surface area contributed by atoms with Crippen molar-refractivity contribution in [2.45, 2.75) is 18.8 Å². The third-order valence-electron chi connectivity index (χ3n) is 5.45. The second kappa shape index (κ2) is 6.92. The van der Waals surface area contributed by atoms with Crippen molar-refractivity contribution in [2.75, 3.05) is 20.2 Å². The van der Waals surface area contributed by atoms with Crippen LogP contribution in [0, 0.1) is 18.2 Å². The van der Waals surface area contributed by atoms with Gasteiger partial charge in [-0.25, -0.2) is 4.39 Å². The molecule has 1 unspecified atom stereocenters. The summed E-state index contributed by atoms with van der Waals surface area (Å²) in [5.41, 5.74) is 5.26. The maximum atomic E-state index is 13.4. The number of benzene rings is 2. The van der Waals surface area contributed by atoms with Crippen LogP contribution >= 0.6 is 0 Å². The molecule has 2 aromatic carbocycles. The van der Waals surface area contributed by atoms with Gasteiger partial charge in [0.05, 0.1) is 13.7 Å². The molecule has 1 amide bonds. The Kier molecular flexibility index (Phi) is 4.45. The van der Waals surface area contributed by atoms with Crippen LogP contribution in [0.4, 0.5) is 4.39 Å². The molecular formula is C23H20FNO2. The maximum absolute atomic E-state index is 13.4. The number of halogens is 1. The SMILES string of the molecule is C#CCN1CC2=C(CC(c3ccc(F)cc3)c3ccc(OC)cc3C2)C1=O. The molecule has 0 aromatic heterocycles. The smallest absolute Gasteiger partial charge is 0.250 e. The molecule has 136 valence electrons. The standard InChI is InChI=1S/C23H20FNO2/c1-3-10-25-14-17-11-16-12-19(27-2)8-9-20(16)21(13-22(17)23(25)26)15-4-6-18(24)7-5-15/h1,4-9,12,21H,10-11,13-14H2,2H3. The monoisotopic (exact) mass is 361 g/mol. The first kappa shape index (κ1) is 17.4. The number of carbonyl (C=O) groups is 1. The minimum Gasteiger partial charge on any atom is -0.497 e. The predicted molar refractivity (Wildman–Crippen MR) is 102 cm³/mol. The first-order valence-electron chi connectivity index (χ1n) is 8.96. The molecule has 27 heavy (non-hydrogen) atoms. The summed E-state index contributed by atoms with van der Waals surface area (Å²) in [6.45, 7) is 0.892. The number of rotatable bonds is 3. The largest absolute Gasteiger partial charge is 0.497 e. The van der Waals surface area contributed by atoms with E-state index in [1.54, 1.807) is 24.1 Å². The Hall–Kier alpha value is -3.06. The van der Waals surface area contributed by atoms with Gasteiger partial charge in [-0.2, -0.15) is 0 Å². The van der Waals surface area contributed by atoms with Gasteiger partial charge in [0.15, 0.2) is 0 Å². The van der Waals surface area contributed by atoms with Crippen LogP contribution in [0.15, 0.2) is 53.6 Å². The summed E-state index contributed by atoms with van der Waals surface area (Å²) in [4.78, 5) is 14.6. The zero-order valence-electron chi connectivity index (χ0n) is 15.2. The van der Waals surface area contributed by atoms with Crippen molar-refractivity contribution in [2.24, 2.45) is 0 Å². The Morgan fingerprint density at radius 1 is 1.26 bits per heavy atom. The van der Waals surface area contributed by atoms with E-state index in [1.807, 2.05) is 12.1 Å². The lowest BCUT2D eigenvalue weighted by molar-refractivity contribution is -0.125. The van der Waals surface area contributed by atoms with Crippen LogP contribution in [0.1, 0.15) is 29.0 Å². The highest BCUT2D eigenvalue weighted by Gasteiger charge is 2.35. The summed E-state index contributed by atoms with van der Waals surface area (Å²) in [6, 6.07) is 12.6. The molecule has 0 N–H and O–H groups in total. The Morgan fingerprint density at radius 2 is 2.04 bits per heavy atom. The molecule has 0 bridgehead atoms. The fourth-order valence-electron chi connectivity index (χ4n) is 4.11. The maximum Gasteiger partial charge on any atom is 0.250 e.